The molecule has 0 spiro atoms. The molecule has 0 saturated carbocycles. The fourth-order valence-corrected chi connectivity index (χ4v) is 1.36. The third kappa shape index (κ3) is 2.76. The highest BCUT2D eigenvalue weighted by Gasteiger charge is 2.16. The maximum atomic E-state index is 13.3. The molecule has 15 heavy (non-hydrogen) atoms. The highest BCUT2D eigenvalue weighted by molar-refractivity contribution is 5.36. The summed E-state index contributed by atoms with van der Waals surface area (Å²) in [5, 5.41) is 12.3. The molecule has 0 aliphatic heterocycles. The van der Waals surface area contributed by atoms with E-state index in [1.807, 2.05) is 0 Å². The van der Waals surface area contributed by atoms with Gasteiger partial charge in [0.1, 0.15) is 17.4 Å². The number of nitrogens with one attached hydrogen (secondary N) is 1. The number of hydrogen-bond donors (Lipinski definition) is 2. The molecule has 0 saturated heterocycles. The van der Waals surface area contributed by atoms with Crippen molar-refractivity contribution in [3.8, 4) is 5.75 Å². The fourth-order valence-electron chi connectivity index (χ4n) is 1.36. The first-order valence-corrected chi connectivity index (χ1v) is 4.58. The average Bonchev–Trinajstić information content (AvgIpc) is 2.12. The molecule has 82 valence electrons. The number of phenolic OH excluding ortho intramolecular Hbond substituents is 1. The Hall–Kier alpha value is -1.42. The molecule has 0 amide bonds. The summed E-state index contributed by atoms with van der Waals surface area (Å²) in [7, 11) is 0. The molecule has 4 heteroatoms. The largest absolute Gasteiger partial charge is 0.507 e. The molecule has 0 aliphatic rings. The Bertz CT molecular complexity index is 343. The van der Waals surface area contributed by atoms with E-state index in [4.69, 9.17) is 0 Å². The number of rotatable bonds is 4. The zero-order valence-corrected chi connectivity index (χ0v) is 8.43. The van der Waals surface area contributed by atoms with Crippen molar-refractivity contribution in [3.63, 3.8) is 0 Å². The van der Waals surface area contributed by atoms with E-state index in [1.165, 1.54) is 0 Å². The van der Waals surface area contributed by atoms with Crippen LogP contribution < -0.4 is 5.32 Å². The van der Waals surface area contributed by atoms with Gasteiger partial charge in [-0.1, -0.05) is 6.08 Å². The van der Waals surface area contributed by atoms with E-state index in [0.29, 0.717) is 6.54 Å². The van der Waals surface area contributed by atoms with Crippen molar-refractivity contribution in [1.82, 2.24) is 5.32 Å². The van der Waals surface area contributed by atoms with Gasteiger partial charge in [0, 0.05) is 30.3 Å². The molecule has 0 aliphatic carbocycles. The molecule has 2 N–H and O–H groups in total. The second-order valence-corrected chi connectivity index (χ2v) is 3.24. The third-order valence-electron chi connectivity index (χ3n) is 2.07. The summed E-state index contributed by atoms with van der Waals surface area (Å²) in [4.78, 5) is 0. The van der Waals surface area contributed by atoms with Crippen molar-refractivity contribution in [2.24, 2.45) is 0 Å². The van der Waals surface area contributed by atoms with Gasteiger partial charge in [0.2, 0.25) is 0 Å². The molecule has 0 aromatic heterocycles. The fraction of sp³-hybridized carbons (Fsp3) is 0.273. The van der Waals surface area contributed by atoms with Gasteiger partial charge in [-0.05, 0) is 6.92 Å². The molecule has 0 fully saturated rings. The molecule has 2 nitrogen and oxygen atoms in total. The summed E-state index contributed by atoms with van der Waals surface area (Å²) in [5.74, 6) is -1.92. The molecular weight excluding hydrogens is 200 g/mol. The van der Waals surface area contributed by atoms with Crippen LogP contribution in [0.5, 0.6) is 5.75 Å². The minimum atomic E-state index is -0.787. The van der Waals surface area contributed by atoms with E-state index in [0.717, 1.165) is 12.1 Å². The van der Waals surface area contributed by atoms with Crippen molar-refractivity contribution < 1.29 is 13.9 Å². The topological polar surface area (TPSA) is 32.3 Å². The van der Waals surface area contributed by atoms with Crippen LogP contribution in [-0.2, 0) is 0 Å². The van der Waals surface area contributed by atoms with Gasteiger partial charge in [0.05, 0.1) is 0 Å². The van der Waals surface area contributed by atoms with E-state index >= 15 is 0 Å². The second kappa shape index (κ2) is 4.89. The Labute approximate surface area is 87.2 Å². The number of hydrogen-bond acceptors (Lipinski definition) is 2. The van der Waals surface area contributed by atoms with E-state index in [9.17, 15) is 13.9 Å². The molecule has 1 aromatic carbocycles. The second-order valence-electron chi connectivity index (χ2n) is 3.24. The molecule has 1 aromatic rings. The average molecular weight is 213 g/mol. The Morgan fingerprint density at radius 1 is 1.53 bits per heavy atom. The van der Waals surface area contributed by atoms with E-state index in [1.54, 1.807) is 13.0 Å². The summed E-state index contributed by atoms with van der Waals surface area (Å²) in [6, 6.07) is 1.25. The first-order valence-electron chi connectivity index (χ1n) is 4.58. The Morgan fingerprint density at radius 2 is 2.20 bits per heavy atom. The van der Waals surface area contributed by atoms with Crippen LogP contribution >= 0.6 is 0 Å². The van der Waals surface area contributed by atoms with Crippen LogP contribution in [0.2, 0.25) is 0 Å². The Kier molecular flexibility index (Phi) is 3.80. The van der Waals surface area contributed by atoms with Crippen molar-refractivity contribution >= 4 is 0 Å². The lowest BCUT2D eigenvalue weighted by molar-refractivity contribution is 0.433. The van der Waals surface area contributed by atoms with Gasteiger partial charge in [-0.2, -0.15) is 0 Å². The molecular formula is C11H13F2NO. The highest BCUT2D eigenvalue weighted by Crippen LogP contribution is 2.27. The normalized spacial score (nSPS) is 12.5. The molecule has 1 atom stereocenters. The molecule has 0 radical (unpaired) electrons. The smallest absolute Gasteiger partial charge is 0.134 e. The lowest BCUT2D eigenvalue weighted by Gasteiger charge is -2.15. The van der Waals surface area contributed by atoms with Crippen LogP contribution in [0.1, 0.15) is 18.5 Å². The number of aromatic hydroxyl groups is 1. The van der Waals surface area contributed by atoms with Gasteiger partial charge < -0.3 is 10.4 Å². The molecule has 0 unspecified atom stereocenters. The number of benzene rings is 1. The summed E-state index contributed by atoms with van der Waals surface area (Å²) in [6.07, 6.45) is 1.62. The Balaban J connectivity index is 2.97. The van der Waals surface area contributed by atoms with Crippen molar-refractivity contribution in [1.29, 1.82) is 0 Å². The quantitative estimate of drug-likeness (QED) is 0.753. The summed E-state index contributed by atoms with van der Waals surface area (Å²) < 4.78 is 26.0. The lowest BCUT2D eigenvalue weighted by Crippen LogP contribution is -2.19. The molecule has 0 heterocycles. The highest BCUT2D eigenvalue weighted by atomic mass is 19.1. The van der Waals surface area contributed by atoms with Crippen LogP contribution in [0.3, 0.4) is 0 Å². The lowest BCUT2D eigenvalue weighted by atomic mass is 10.1. The molecule has 0 bridgehead atoms. The van der Waals surface area contributed by atoms with E-state index < -0.39 is 17.7 Å². The first kappa shape index (κ1) is 11.7. The number of halogens is 2. The van der Waals surface area contributed by atoms with Crippen LogP contribution in [0.15, 0.2) is 24.8 Å². The van der Waals surface area contributed by atoms with Gasteiger partial charge in [-0.15, -0.1) is 6.58 Å². The maximum absolute atomic E-state index is 13.3. The summed E-state index contributed by atoms with van der Waals surface area (Å²) in [6.45, 7) is 5.67. The SMILES string of the molecule is C=CCN[C@H](C)c1c(O)cc(F)cc1F. The van der Waals surface area contributed by atoms with Crippen LogP contribution in [0.25, 0.3) is 0 Å². The third-order valence-corrected chi connectivity index (χ3v) is 2.07. The monoisotopic (exact) mass is 213 g/mol. The first-order chi connectivity index (χ1) is 7.06. The van der Waals surface area contributed by atoms with E-state index in [2.05, 4.69) is 11.9 Å². The van der Waals surface area contributed by atoms with Gasteiger partial charge in [0.15, 0.2) is 0 Å². The van der Waals surface area contributed by atoms with Crippen molar-refractivity contribution in [3.05, 3.63) is 42.0 Å². The van der Waals surface area contributed by atoms with Crippen LogP contribution in [0.4, 0.5) is 8.78 Å². The van der Waals surface area contributed by atoms with Crippen molar-refractivity contribution in [2.75, 3.05) is 6.54 Å². The Morgan fingerprint density at radius 3 is 2.73 bits per heavy atom. The standard InChI is InChI=1S/C11H13F2NO/c1-3-4-14-7(2)11-9(13)5-8(12)6-10(11)15/h3,5-7,14-15H,1,4H2,2H3/t7-/m1/s1. The summed E-state index contributed by atoms with van der Waals surface area (Å²) in [5.41, 5.74) is 0.0678. The van der Waals surface area contributed by atoms with Gasteiger partial charge in [0.25, 0.3) is 0 Å². The predicted octanol–water partition coefficient (Wildman–Crippen LogP) is 2.51. The van der Waals surface area contributed by atoms with Gasteiger partial charge >= 0.3 is 0 Å². The maximum Gasteiger partial charge on any atom is 0.134 e. The zero-order valence-electron chi connectivity index (χ0n) is 8.43. The zero-order chi connectivity index (χ0) is 11.4. The van der Waals surface area contributed by atoms with Crippen molar-refractivity contribution in [2.45, 2.75) is 13.0 Å². The van der Waals surface area contributed by atoms with Crippen LogP contribution in [0, 0.1) is 11.6 Å². The number of phenols is 1. The summed E-state index contributed by atoms with van der Waals surface area (Å²) >= 11 is 0. The predicted molar refractivity (Wildman–Crippen MR) is 54.6 cm³/mol. The van der Waals surface area contributed by atoms with Gasteiger partial charge in [-0.3, -0.25) is 0 Å². The minimum Gasteiger partial charge on any atom is -0.507 e. The van der Waals surface area contributed by atoms with Crippen LogP contribution in [-0.4, -0.2) is 11.7 Å². The minimum absolute atomic E-state index is 0.0678. The van der Waals surface area contributed by atoms with Gasteiger partial charge in [-0.25, -0.2) is 8.78 Å². The molecule has 1 rings (SSSR count). The van der Waals surface area contributed by atoms with E-state index in [-0.39, 0.29) is 11.3 Å².